The van der Waals surface area contributed by atoms with E-state index in [0.717, 1.165) is 31.6 Å². The molecule has 0 atom stereocenters. The number of rotatable bonds is 8. The second kappa shape index (κ2) is 9.22. The highest BCUT2D eigenvalue weighted by atomic mass is 16.5. The van der Waals surface area contributed by atoms with E-state index < -0.39 is 0 Å². The molecule has 144 valence electrons. The van der Waals surface area contributed by atoms with Gasteiger partial charge in [-0.25, -0.2) is 9.48 Å². The molecule has 1 aromatic rings. The summed E-state index contributed by atoms with van der Waals surface area (Å²) in [4.78, 5) is 12.2. The lowest BCUT2D eigenvalue weighted by Gasteiger charge is -2.23. The number of ether oxygens (including phenoxy) is 1. The Labute approximate surface area is 152 Å². The number of carbonyl (C=O) groups is 1. The number of aromatic nitrogens is 2. The highest BCUT2D eigenvalue weighted by Crippen LogP contribution is 2.28. The molecule has 0 fully saturated rings. The van der Waals surface area contributed by atoms with Crippen LogP contribution in [0.15, 0.2) is 6.07 Å². The van der Waals surface area contributed by atoms with Crippen LogP contribution in [0.1, 0.15) is 73.4 Å². The van der Waals surface area contributed by atoms with Crippen molar-refractivity contribution in [2.75, 3.05) is 25.1 Å². The Morgan fingerprint density at radius 1 is 1.16 bits per heavy atom. The van der Waals surface area contributed by atoms with Crippen molar-refractivity contribution in [3.05, 3.63) is 11.8 Å². The van der Waals surface area contributed by atoms with Gasteiger partial charge in [0.15, 0.2) is 0 Å². The minimum atomic E-state index is -0.209. The van der Waals surface area contributed by atoms with Crippen LogP contribution in [0.25, 0.3) is 0 Å². The summed E-state index contributed by atoms with van der Waals surface area (Å²) in [6, 6.07) is 1.75. The van der Waals surface area contributed by atoms with Gasteiger partial charge in [-0.2, -0.15) is 5.10 Å². The molecule has 1 aromatic heterocycles. The first-order chi connectivity index (χ1) is 11.6. The molecule has 1 heterocycles. The van der Waals surface area contributed by atoms with Gasteiger partial charge in [0.25, 0.3) is 0 Å². The SMILES string of the molecule is CCCCOCCCNC(=O)Nc1cc(C(C)(C)C)nn1C(C)(C)C. The summed E-state index contributed by atoms with van der Waals surface area (Å²) >= 11 is 0. The Balaban J connectivity index is 2.57. The zero-order chi connectivity index (χ0) is 19.1. The average molecular weight is 353 g/mol. The molecule has 0 spiro atoms. The third-order valence-corrected chi connectivity index (χ3v) is 3.75. The van der Waals surface area contributed by atoms with Crippen molar-refractivity contribution < 1.29 is 9.53 Å². The van der Waals surface area contributed by atoms with E-state index in [1.807, 2.05) is 10.7 Å². The molecule has 0 aliphatic carbocycles. The molecular weight excluding hydrogens is 316 g/mol. The number of hydrogen-bond acceptors (Lipinski definition) is 3. The zero-order valence-corrected chi connectivity index (χ0v) is 17.0. The van der Waals surface area contributed by atoms with Gasteiger partial charge in [0.1, 0.15) is 5.82 Å². The standard InChI is InChI=1S/C19H36N4O2/c1-8-9-12-25-13-10-11-20-17(24)21-16-14-15(18(2,3)4)22-23(16)19(5,6)7/h14H,8-13H2,1-7H3,(H2,20,21,24). The van der Waals surface area contributed by atoms with Crippen LogP contribution in [0.4, 0.5) is 10.6 Å². The van der Waals surface area contributed by atoms with Gasteiger partial charge in [-0.15, -0.1) is 0 Å². The summed E-state index contributed by atoms with van der Waals surface area (Å²) in [6.07, 6.45) is 3.03. The van der Waals surface area contributed by atoms with E-state index in [9.17, 15) is 4.79 Å². The van der Waals surface area contributed by atoms with Crippen LogP contribution in [0, 0.1) is 0 Å². The number of nitrogens with zero attached hydrogens (tertiary/aromatic N) is 2. The van der Waals surface area contributed by atoms with Crippen molar-refractivity contribution in [2.24, 2.45) is 0 Å². The fourth-order valence-electron chi connectivity index (χ4n) is 2.23. The molecule has 0 radical (unpaired) electrons. The van der Waals surface area contributed by atoms with Gasteiger partial charge in [-0.3, -0.25) is 5.32 Å². The van der Waals surface area contributed by atoms with Crippen molar-refractivity contribution in [3.8, 4) is 0 Å². The van der Waals surface area contributed by atoms with E-state index in [-0.39, 0.29) is 17.0 Å². The first-order valence-corrected chi connectivity index (χ1v) is 9.29. The van der Waals surface area contributed by atoms with Crippen LogP contribution < -0.4 is 10.6 Å². The highest BCUT2D eigenvalue weighted by Gasteiger charge is 2.25. The van der Waals surface area contributed by atoms with Crippen LogP contribution in [0.3, 0.4) is 0 Å². The summed E-state index contributed by atoms with van der Waals surface area (Å²) < 4.78 is 7.37. The Kier molecular flexibility index (Phi) is 7.93. The maximum Gasteiger partial charge on any atom is 0.320 e. The van der Waals surface area contributed by atoms with Crippen LogP contribution in [0.5, 0.6) is 0 Å². The highest BCUT2D eigenvalue weighted by molar-refractivity contribution is 5.88. The lowest BCUT2D eigenvalue weighted by molar-refractivity contribution is 0.129. The van der Waals surface area contributed by atoms with Crippen molar-refractivity contribution in [1.29, 1.82) is 0 Å². The number of hydrogen-bond donors (Lipinski definition) is 2. The summed E-state index contributed by atoms with van der Waals surface area (Å²) in [5.74, 6) is 0.717. The number of nitrogens with one attached hydrogen (secondary N) is 2. The number of unbranched alkanes of at least 4 members (excludes halogenated alkanes) is 1. The number of carbonyl (C=O) groups excluding carboxylic acids is 1. The van der Waals surface area contributed by atoms with Crippen LogP contribution in [0.2, 0.25) is 0 Å². The summed E-state index contributed by atoms with van der Waals surface area (Å²) in [5, 5.41) is 10.5. The molecule has 2 N–H and O–H groups in total. The average Bonchev–Trinajstić information content (AvgIpc) is 2.90. The van der Waals surface area contributed by atoms with Crippen LogP contribution >= 0.6 is 0 Å². The molecule has 0 saturated heterocycles. The van der Waals surface area contributed by atoms with Gasteiger partial charge < -0.3 is 10.1 Å². The van der Waals surface area contributed by atoms with Crippen LogP contribution in [-0.2, 0) is 15.7 Å². The Morgan fingerprint density at radius 2 is 1.80 bits per heavy atom. The minimum Gasteiger partial charge on any atom is -0.381 e. The van der Waals surface area contributed by atoms with E-state index in [1.165, 1.54) is 0 Å². The third-order valence-electron chi connectivity index (χ3n) is 3.75. The molecule has 1 rings (SSSR count). The molecule has 2 amide bonds. The Hall–Kier alpha value is -1.56. The molecular formula is C19H36N4O2. The second-order valence-electron chi connectivity index (χ2n) is 8.45. The fourth-order valence-corrected chi connectivity index (χ4v) is 2.23. The third kappa shape index (κ3) is 7.46. The molecule has 0 aliphatic rings. The lowest BCUT2D eigenvalue weighted by atomic mass is 9.92. The largest absolute Gasteiger partial charge is 0.381 e. The fraction of sp³-hybridized carbons (Fsp3) is 0.789. The molecule has 0 unspecified atom stereocenters. The van der Waals surface area contributed by atoms with Crippen LogP contribution in [-0.4, -0.2) is 35.6 Å². The van der Waals surface area contributed by atoms with Crippen molar-refractivity contribution in [3.63, 3.8) is 0 Å². The monoisotopic (exact) mass is 352 g/mol. The predicted molar refractivity (Wildman–Crippen MR) is 103 cm³/mol. The smallest absolute Gasteiger partial charge is 0.320 e. The first-order valence-electron chi connectivity index (χ1n) is 9.29. The Bertz CT molecular complexity index is 539. The topological polar surface area (TPSA) is 68.2 Å². The van der Waals surface area contributed by atoms with Gasteiger partial charge in [0.05, 0.1) is 11.2 Å². The maximum atomic E-state index is 12.2. The number of amides is 2. The van der Waals surface area contributed by atoms with E-state index >= 15 is 0 Å². The number of urea groups is 1. The van der Waals surface area contributed by atoms with Gasteiger partial charge in [0.2, 0.25) is 0 Å². The lowest BCUT2D eigenvalue weighted by Crippen LogP contribution is -2.33. The normalized spacial score (nSPS) is 12.3. The van der Waals surface area contributed by atoms with Crippen molar-refractivity contribution in [2.45, 2.75) is 78.7 Å². The molecule has 25 heavy (non-hydrogen) atoms. The quantitative estimate of drug-likeness (QED) is 0.687. The Morgan fingerprint density at radius 3 is 2.36 bits per heavy atom. The van der Waals surface area contributed by atoms with Gasteiger partial charge in [-0.1, -0.05) is 34.1 Å². The van der Waals surface area contributed by atoms with Gasteiger partial charge in [-0.05, 0) is 33.6 Å². The molecule has 6 nitrogen and oxygen atoms in total. The van der Waals surface area contributed by atoms with Gasteiger partial charge in [0, 0.05) is 31.2 Å². The second-order valence-corrected chi connectivity index (χ2v) is 8.45. The predicted octanol–water partition coefficient (Wildman–Crippen LogP) is 4.26. The van der Waals surface area contributed by atoms with E-state index in [0.29, 0.717) is 19.0 Å². The van der Waals surface area contributed by atoms with Crippen molar-refractivity contribution >= 4 is 11.8 Å². The van der Waals surface area contributed by atoms with E-state index in [4.69, 9.17) is 9.84 Å². The van der Waals surface area contributed by atoms with Gasteiger partial charge >= 0.3 is 6.03 Å². The summed E-state index contributed by atoms with van der Waals surface area (Å²) in [5.41, 5.74) is 0.681. The molecule has 0 aromatic carbocycles. The molecule has 0 saturated carbocycles. The first kappa shape index (κ1) is 21.5. The molecule has 0 aliphatic heterocycles. The molecule has 0 bridgehead atoms. The summed E-state index contributed by atoms with van der Waals surface area (Å²) in [7, 11) is 0. The maximum absolute atomic E-state index is 12.2. The zero-order valence-electron chi connectivity index (χ0n) is 17.0. The molecule has 6 heteroatoms. The van der Waals surface area contributed by atoms with E-state index in [2.05, 4.69) is 59.1 Å². The van der Waals surface area contributed by atoms with E-state index in [1.54, 1.807) is 0 Å². The minimum absolute atomic E-state index is 0.0702. The number of anilines is 1. The summed E-state index contributed by atoms with van der Waals surface area (Å²) in [6.45, 7) is 16.8. The van der Waals surface area contributed by atoms with Crippen molar-refractivity contribution in [1.82, 2.24) is 15.1 Å².